The van der Waals surface area contributed by atoms with Crippen molar-refractivity contribution in [1.29, 1.82) is 0 Å². The fourth-order valence-corrected chi connectivity index (χ4v) is 2.05. The summed E-state index contributed by atoms with van der Waals surface area (Å²) in [5.41, 5.74) is 0. The molecule has 1 unspecified atom stereocenters. The highest BCUT2D eigenvalue weighted by atomic mass is 79.9. The van der Waals surface area contributed by atoms with Crippen molar-refractivity contribution in [2.45, 2.75) is 37.4 Å². The predicted octanol–water partition coefficient (Wildman–Crippen LogP) is 3.29. The van der Waals surface area contributed by atoms with Gasteiger partial charge in [0.05, 0.1) is 0 Å². The van der Waals surface area contributed by atoms with Gasteiger partial charge in [0.2, 0.25) is 0 Å². The van der Waals surface area contributed by atoms with Gasteiger partial charge in [-0.05, 0) is 19.8 Å². The summed E-state index contributed by atoms with van der Waals surface area (Å²) in [7, 11) is 0. The first kappa shape index (κ1) is 11.6. The third-order valence-corrected chi connectivity index (χ3v) is 2.75. The number of ketones is 1. The van der Waals surface area contributed by atoms with E-state index in [-0.39, 0.29) is 5.78 Å². The zero-order valence-corrected chi connectivity index (χ0v) is 9.95. The van der Waals surface area contributed by atoms with Gasteiger partial charge in [0.1, 0.15) is 5.78 Å². The Balaban J connectivity index is 3.22. The number of carbonyl (C=O) groups excluding carboxylic acids is 1. The van der Waals surface area contributed by atoms with E-state index in [1.165, 1.54) is 12.8 Å². The number of unbranched alkanes of at least 4 members (excludes halogenated alkanes) is 1. The van der Waals surface area contributed by atoms with Crippen LogP contribution in [0.4, 0.5) is 0 Å². The second-order valence-electron chi connectivity index (χ2n) is 2.69. The molecule has 0 aliphatic rings. The number of Topliss-reactive ketones (excluding diaryl/α,β-unsaturated/α-hetero) is 1. The molecule has 0 bridgehead atoms. The Bertz CT molecular complexity index is 115. The Kier molecular flexibility index (Phi) is 7.71. The van der Waals surface area contributed by atoms with E-state index in [9.17, 15) is 4.79 Å². The van der Waals surface area contributed by atoms with Crippen LogP contribution in [-0.4, -0.2) is 15.9 Å². The van der Waals surface area contributed by atoms with E-state index < -0.39 is 0 Å². The molecule has 0 aromatic heterocycles. The van der Waals surface area contributed by atoms with Crippen LogP contribution in [0.15, 0.2) is 0 Å². The lowest BCUT2D eigenvalue weighted by Gasteiger charge is -2.05. The van der Waals surface area contributed by atoms with E-state index in [0.717, 1.165) is 11.8 Å². The molecule has 3 heteroatoms. The van der Waals surface area contributed by atoms with E-state index >= 15 is 0 Å². The quantitative estimate of drug-likeness (QED) is 0.541. The molecule has 0 rings (SSSR count). The highest BCUT2D eigenvalue weighted by Gasteiger charge is 2.05. The lowest BCUT2D eigenvalue weighted by Crippen LogP contribution is -2.03. The molecule has 0 aliphatic carbocycles. The Morgan fingerprint density at radius 3 is 2.55 bits per heavy atom. The van der Waals surface area contributed by atoms with Crippen molar-refractivity contribution in [2.24, 2.45) is 0 Å². The summed E-state index contributed by atoms with van der Waals surface area (Å²) < 4.78 is 0. The molecule has 0 amide bonds. The fraction of sp³-hybridized carbons (Fsp3) is 0.875. The van der Waals surface area contributed by atoms with Crippen LogP contribution >= 0.6 is 31.9 Å². The maximum absolute atomic E-state index is 10.6. The molecule has 0 N–H and O–H groups in total. The number of halogens is 2. The van der Waals surface area contributed by atoms with E-state index in [0.29, 0.717) is 11.2 Å². The van der Waals surface area contributed by atoms with Crippen molar-refractivity contribution in [3.8, 4) is 0 Å². The van der Waals surface area contributed by atoms with Crippen LogP contribution in [0.1, 0.15) is 32.6 Å². The number of alkyl halides is 2. The third-order valence-electron chi connectivity index (χ3n) is 1.41. The van der Waals surface area contributed by atoms with Gasteiger partial charge in [-0.2, -0.15) is 0 Å². The Hall–Kier alpha value is 0.630. The van der Waals surface area contributed by atoms with Crippen LogP contribution < -0.4 is 0 Å². The standard InChI is InChI=1S/C8H14Br2O/c1-7(11)6-8(10)4-2-3-5-9/h8H,2-6H2,1H3. The van der Waals surface area contributed by atoms with Crippen LogP contribution in [0, 0.1) is 0 Å². The molecule has 0 radical (unpaired) electrons. The molecule has 0 aromatic carbocycles. The number of carbonyl (C=O) groups is 1. The zero-order chi connectivity index (χ0) is 8.69. The Morgan fingerprint density at radius 2 is 2.09 bits per heavy atom. The Morgan fingerprint density at radius 1 is 1.45 bits per heavy atom. The van der Waals surface area contributed by atoms with Crippen molar-refractivity contribution < 1.29 is 4.79 Å². The van der Waals surface area contributed by atoms with E-state index in [4.69, 9.17) is 0 Å². The molecule has 0 aromatic rings. The van der Waals surface area contributed by atoms with Crippen LogP contribution in [0.5, 0.6) is 0 Å². The third kappa shape index (κ3) is 8.54. The van der Waals surface area contributed by atoms with Crippen molar-refractivity contribution in [3.05, 3.63) is 0 Å². The topological polar surface area (TPSA) is 17.1 Å². The second kappa shape index (κ2) is 7.29. The van der Waals surface area contributed by atoms with E-state index in [2.05, 4.69) is 31.9 Å². The van der Waals surface area contributed by atoms with E-state index in [1.807, 2.05) is 0 Å². The summed E-state index contributed by atoms with van der Waals surface area (Å²) in [4.78, 5) is 11.0. The summed E-state index contributed by atoms with van der Waals surface area (Å²) in [6, 6.07) is 0. The molecule has 1 nitrogen and oxygen atoms in total. The molecule has 11 heavy (non-hydrogen) atoms. The molecule has 0 spiro atoms. The van der Waals surface area contributed by atoms with Gasteiger partial charge in [-0.3, -0.25) is 4.79 Å². The Labute approximate surface area is 85.2 Å². The largest absolute Gasteiger partial charge is 0.300 e. The minimum atomic E-state index is 0.269. The maximum atomic E-state index is 10.6. The van der Waals surface area contributed by atoms with Crippen molar-refractivity contribution in [1.82, 2.24) is 0 Å². The summed E-state index contributed by atoms with van der Waals surface area (Å²) in [6.45, 7) is 1.64. The SMILES string of the molecule is CC(=O)CC(Br)CCCCBr. The molecular weight excluding hydrogens is 272 g/mol. The van der Waals surface area contributed by atoms with Gasteiger partial charge in [-0.15, -0.1) is 0 Å². The normalized spacial score (nSPS) is 13.0. The van der Waals surface area contributed by atoms with Gasteiger partial charge >= 0.3 is 0 Å². The van der Waals surface area contributed by atoms with Crippen LogP contribution in [-0.2, 0) is 4.79 Å². The molecule has 66 valence electrons. The summed E-state index contributed by atoms with van der Waals surface area (Å²) in [6.07, 6.45) is 4.15. The molecule has 0 aliphatic heterocycles. The first-order valence-corrected chi connectivity index (χ1v) is 5.90. The maximum Gasteiger partial charge on any atom is 0.130 e. The average molecular weight is 286 g/mol. The first-order valence-electron chi connectivity index (χ1n) is 3.86. The lowest BCUT2D eigenvalue weighted by molar-refractivity contribution is -0.116. The molecule has 1 atom stereocenters. The minimum absolute atomic E-state index is 0.269. The van der Waals surface area contributed by atoms with Gasteiger partial charge in [-0.25, -0.2) is 0 Å². The van der Waals surface area contributed by atoms with Gasteiger partial charge in [0.25, 0.3) is 0 Å². The smallest absolute Gasteiger partial charge is 0.130 e. The fourth-order valence-electron chi connectivity index (χ4n) is 0.874. The summed E-state index contributed by atoms with van der Waals surface area (Å²) in [5, 5.41) is 1.06. The van der Waals surface area contributed by atoms with Crippen molar-refractivity contribution in [3.63, 3.8) is 0 Å². The minimum Gasteiger partial charge on any atom is -0.300 e. The molecule has 0 saturated heterocycles. The van der Waals surface area contributed by atoms with Gasteiger partial charge in [0, 0.05) is 16.6 Å². The molecule has 0 heterocycles. The molecule has 0 fully saturated rings. The highest BCUT2D eigenvalue weighted by molar-refractivity contribution is 9.09. The number of hydrogen-bond donors (Lipinski definition) is 0. The number of rotatable bonds is 6. The van der Waals surface area contributed by atoms with Crippen molar-refractivity contribution >= 4 is 37.6 Å². The van der Waals surface area contributed by atoms with Crippen LogP contribution in [0.25, 0.3) is 0 Å². The molecule has 0 saturated carbocycles. The van der Waals surface area contributed by atoms with Gasteiger partial charge < -0.3 is 0 Å². The van der Waals surface area contributed by atoms with Gasteiger partial charge in [-0.1, -0.05) is 38.3 Å². The monoisotopic (exact) mass is 284 g/mol. The van der Waals surface area contributed by atoms with Crippen molar-refractivity contribution in [2.75, 3.05) is 5.33 Å². The van der Waals surface area contributed by atoms with Crippen LogP contribution in [0.2, 0.25) is 0 Å². The highest BCUT2D eigenvalue weighted by Crippen LogP contribution is 2.14. The zero-order valence-electron chi connectivity index (χ0n) is 6.78. The summed E-state index contributed by atoms with van der Waals surface area (Å²) in [5.74, 6) is 0.269. The lowest BCUT2D eigenvalue weighted by atomic mass is 10.1. The number of hydrogen-bond acceptors (Lipinski definition) is 1. The van der Waals surface area contributed by atoms with Gasteiger partial charge in [0.15, 0.2) is 0 Å². The predicted molar refractivity (Wildman–Crippen MR) is 55.7 cm³/mol. The second-order valence-corrected chi connectivity index (χ2v) is 4.78. The first-order chi connectivity index (χ1) is 5.16. The van der Waals surface area contributed by atoms with E-state index in [1.54, 1.807) is 6.92 Å². The summed E-state index contributed by atoms with van der Waals surface area (Å²) >= 11 is 6.84. The average Bonchev–Trinajstić information content (AvgIpc) is 1.86. The molecular formula is C8H14Br2O. The van der Waals surface area contributed by atoms with Crippen LogP contribution in [0.3, 0.4) is 0 Å².